The molecule has 3 rings (SSSR count). The molecular weight excluding hydrogens is 346 g/mol. The van der Waals surface area contributed by atoms with E-state index in [-0.39, 0.29) is 11.9 Å². The molecular formula is C19H23N5O3. The van der Waals surface area contributed by atoms with E-state index in [2.05, 4.69) is 20.9 Å². The molecule has 1 aliphatic rings. The zero-order valence-corrected chi connectivity index (χ0v) is 15.2. The molecule has 8 nitrogen and oxygen atoms in total. The number of ether oxygens (including phenoxy) is 1. The van der Waals surface area contributed by atoms with E-state index in [9.17, 15) is 9.59 Å². The predicted molar refractivity (Wildman–Crippen MR) is 102 cm³/mol. The van der Waals surface area contributed by atoms with Crippen LogP contribution in [0, 0.1) is 0 Å². The Kier molecular flexibility index (Phi) is 6.09. The summed E-state index contributed by atoms with van der Waals surface area (Å²) in [6.45, 7) is 2.64. The second kappa shape index (κ2) is 8.88. The number of anilines is 1. The molecule has 8 heteroatoms. The minimum Gasteiger partial charge on any atom is -0.481 e. The highest BCUT2D eigenvalue weighted by Gasteiger charge is 2.16. The number of nitrogens with one attached hydrogen (secondary N) is 3. The molecule has 3 amide bonds. The fourth-order valence-electron chi connectivity index (χ4n) is 2.78. The summed E-state index contributed by atoms with van der Waals surface area (Å²) in [5.41, 5.74) is 2.90. The van der Waals surface area contributed by atoms with E-state index in [1.807, 2.05) is 35.2 Å². The van der Waals surface area contributed by atoms with Crippen LogP contribution >= 0.6 is 0 Å². The molecule has 0 unspecified atom stereocenters. The lowest BCUT2D eigenvalue weighted by atomic mass is 10.2. The van der Waals surface area contributed by atoms with Gasteiger partial charge in [-0.3, -0.25) is 4.79 Å². The van der Waals surface area contributed by atoms with Crippen molar-refractivity contribution >= 4 is 17.6 Å². The van der Waals surface area contributed by atoms with Crippen LogP contribution < -0.4 is 25.6 Å². The van der Waals surface area contributed by atoms with Crippen LogP contribution in [0.2, 0.25) is 0 Å². The fraction of sp³-hybridized carbons (Fsp3) is 0.316. The molecule has 1 aliphatic heterocycles. The molecule has 2 aromatic rings. The summed E-state index contributed by atoms with van der Waals surface area (Å²) in [6.07, 6.45) is 1.64. The van der Waals surface area contributed by atoms with Crippen molar-refractivity contribution in [1.29, 1.82) is 0 Å². The van der Waals surface area contributed by atoms with Crippen LogP contribution in [0.15, 0.2) is 42.6 Å². The van der Waals surface area contributed by atoms with Gasteiger partial charge >= 0.3 is 6.03 Å². The Hall–Kier alpha value is -3.29. The number of pyridine rings is 1. The first kappa shape index (κ1) is 18.5. The Morgan fingerprint density at radius 1 is 1.19 bits per heavy atom. The Morgan fingerprint density at radius 3 is 2.63 bits per heavy atom. The van der Waals surface area contributed by atoms with E-state index >= 15 is 0 Å². The Balaban J connectivity index is 1.45. The first-order valence-corrected chi connectivity index (χ1v) is 8.75. The zero-order chi connectivity index (χ0) is 19.1. The number of nitrogens with zero attached hydrogens (tertiary/aromatic N) is 2. The highest BCUT2D eigenvalue weighted by molar-refractivity contribution is 5.82. The second-order valence-corrected chi connectivity index (χ2v) is 6.18. The molecule has 2 heterocycles. The average molecular weight is 369 g/mol. The molecule has 0 bridgehead atoms. The number of carbonyl (C=O) groups is 2. The van der Waals surface area contributed by atoms with Crippen LogP contribution in [0.4, 0.5) is 10.5 Å². The fourth-order valence-corrected chi connectivity index (χ4v) is 2.78. The van der Waals surface area contributed by atoms with Crippen LogP contribution in [0.3, 0.4) is 0 Å². The molecule has 1 saturated heterocycles. The molecule has 3 N–H and O–H groups in total. The lowest BCUT2D eigenvalue weighted by Gasteiger charge is -2.28. The summed E-state index contributed by atoms with van der Waals surface area (Å²) in [4.78, 5) is 29.5. The minimum atomic E-state index is -0.248. The van der Waals surface area contributed by atoms with Crippen molar-refractivity contribution < 1.29 is 14.3 Å². The molecule has 1 fully saturated rings. The quantitative estimate of drug-likeness (QED) is 0.707. The van der Waals surface area contributed by atoms with E-state index in [4.69, 9.17) is 4.74 Å². The maximum atomic E-state index is 12.0. The van der Waals surface area contributed by atoms with E-state index in [0.717, 1.165) is 23.4 Å². The zero-order valence-electron chi connectivity index (χ0n) is 15.2. The summed E-state index contributed by atoms with van der Waals surface area (Å²) in [5, 5.41) is 8.44. The minimum absolute atomic E-state index is 0.0375. The average Bonchev–Trinajstić information content (AvgIpc) is 2.71. The molecule has 0 saturated carbocycles. The van der Waals surface area contributed by atoms with Gasteiger partial charge in [-0.05, 0) is 29.3 Å². The Bertz CT molecular complexity index is 794. The van der Waals surface area contributed by atoms with E-state index in [1.54, 1.807) is 19.4 Å². The van der Waals surface area contributed by atoms with Gasteiger partial charge in [-0.25, -0.2) is 9.78 Å². The van der Waals surface area contributed by atoms with Gasteiger partial charge in [-0.2, -0.15) is 0 Å². The summed E-state index contributed by atoms with van der Waals surface area (Å²) < 4.78 is 5.06. The van der Waals surface area contributed by atoms with Gasteiger partial charge in [-0.1, -0.05) is 12.1 Å². The highest BCUT2D eigenvalue weighted by atomic mass is 16.5. The molecule has 0 aliphatic carbocycles. The topological polar surface area (TPSA) is 95.6 Å². The van der Waals surface area contributed by atoms with Crippen molar-refractivity contribution in [3.05, 3.63) is 53.7 Å². The normalized spacial score (nSPS) is 13.7. The van der Waals surface area contributed by atoms with Crippen molar-refractivity contribution in [1.82, 2.24) is 20.9 Å². The third kappa shape index (κ3) is 5.34. The van der Waals surface area contributed by atoms with Crippen molar-refractivity contribution in [3.8, 4) is 5.88 Å². The van der Waals surface area contributed by atoms with E-state index < -0.39 is 0 Å². The monoisotopic (exact) mass is 369 g/mol. The molecule has 1 aromatic heterocycles. The number of hydrogen-bond donors (Lipinski definition) is 3. The van der Waals surface area contributed by atoms with Gasteiger partial charge in [0.15, 0.2) is 0 Å². The van der Waals surface area contributed by atoms with Crippen LogP contribution in [0.25, 0.3) is 0 Å². The number of amides is 3. The summed E-state index contributed by atoms with van der Waals surface area (Å²) in [7, 11) is 1.55. The number of urea groups is 1. The molecule has 0 spiro atoms. The van der Waals surface area contributed by atoms with Crippen molar-refractivity contribution in [3.63, 3.8) is 0 Å². The molecule has 1 aromatic carbocycles. The lowest BCUT2D eigenvalue weighted by Crippen LogP contribution is -2.47. The SMILES string of the molecule is COc1cc(CNC(=O)NCc2ccc(N3CCNC(=O)C3)cc2)ccn1. The predicted octanol–water partition coefficient (Wildman–Crippen LogP) is 1.03. The number of aromatic nitrogens is 1. The Morgan fingerprint density at radius 2 is 1.93 bits per heavy atom. The number of piperazine rings is 1. The van der Waals surface area contributed by atoms with Crippen molar-refractivity contribution in [2.24, 2.45) is 0 Å². The first-order valence-electron chi connectivity index (χ1n) is 8.75. The van der Waals surface area contributed by atoms with E-state index in [1.165, 1.54) is 0 Å². The number of benzene rings is 1. The van der Waals surface area contributed by atoms with Crippen LogP contribution in [-0.2, 0) is 17.9 Å². The van der Waals surface area contributed by atoms with Crippen LogP contribution in [0.1, 0.15) is 11.1 Å². The number of carbonyl (C=O) groups excluding carboxylic acids is 2. The molecule has 0 atom stereocenters. The number of rotatable bonds is 6. The van der Waals surface area contributed by atoms with Gasteiger partial charge in [0.2, 0.25) is 11.8 Å². The first-order chi connectivity index (χ1) is 13.1. The highest BCUT2D eigenvalue weighted by Crippen LogP contribution is 2.16. The Labute approximate surface area is 157 Å². The van der Waals surface area contributed by atoms with Gasteiger partial charge in [0.25, 0.3) is 0 Å². The maximum Gasteiger partial charge on any atom is 0.315 e. The number of hydrogen-bond acceptors (Lipinski definition) is 5. The smallest absolute Gasteiger partial charge is 0.315 e. The van der Waals surface area contributed by atoms with Crippen LogP contribution in [-0.4, -0.2) is 43.7 Å². The van der Waals surface area contributed by atoms with Crippen molar-refractivity contribution in [2.45, 2.75) is 13.1 Å². The van der Waals surface area contributed by atoms with Gasteiger partial charge in [0, 0.05) is 44.1 Å². The lowest BCUT2D eigenvalue weighted by molar-refractivity contribution is -0.120. The molecule has 27 heavy (non-hydrogen) atoms. The maximum absolute atomic E-state index is 12.0. The van der Waals surface area contributed by atoms with Gasteiger partial charge in [0.05, 0.1) is 13.7 Å². The third-order valence-electron chi connectivity index (χ3n) is 4.25. The number of methoxy groups -OCH3 is 1. The largest absolute Gasteiger partial charge is 0.481 e. The standard InChI is InChI=1S/C19H23N5O3/c1-27-18-10-15(6-7-21-18)12-23-19(26)22-11-14-2-4-16(5-3-14)24-9-8-20-17(25)13-24/h2-7,10H,8-9,11-13H2,1H3,(H,20,25)(H2,22,23,26). The molecule has 142 valence electrons. The third-order valence-corrected chi connectivity index (χ3v) is 4.25. The van der Waals surface area contributed by atoms with Gasteiger partial charge < -0.3 is 25.6 Å². The van der Waals surface area contributed by atoms with Crippen molar-refractivity contribution in [2.75, 3.05) is 31.6 Å². The summed E-state index contributed by atoms with van der Waals surface area (Å²) in [5.74, 6) is 0.552. The summed E-state index contributed by atoms with van der Waals surface area (Å²) in [6, 6.07) is 11.2. The second-order valence-electron chi connectivity index (χ2n) is 6.18. The van der Waals surface area contributed by atoms with Crippen LogP contribution in [0.5, 0.6) is 5.88 Å². The van der Waals surface area contributed by atoms with Gasteiger partial charge in [0.1, 0.15) is 0 Å². The summed E-state index contributed by atoms with van der Waals surface area (Å²) >= 11 is 0. The molecule has 0 radical (unpaired) electrons. The van der Waals surface area contributed by atoms with Gasteiger partial charge in [-0.15, -0.1) is 0 Å². The van der Waals surface area contributed by atoms with E-state index in [0.29, 0.717) is 32.1 Å².